The maximum atomic E-state index is 11.1. The van der Waals surface area contributed by atoms with E-state index in [0.29, 0.717) is 4.88 Å². The molecule has 1 unspecified atom stereocenters. The van der Waals surface area contributed by atoms with Crippen LogP contribution in [0.2, 0.25) is 0 Å². The number of hydrogen-bond donors (Lipinski definition) is 2. The Bertz CT molecular complexity index is 697. The van der Waals surface area contributed by atoms with Gasteiger partial charge in [0.2, 0.25) is 0 Å². The van der Waals surface area contributed by atoms with Gasteiger partial charge in [-0.15, -0.1) is 11.3 Å². The standard InChI is InChI=1S/C15H12O3S/c1-8-12(7-19-14(8)15(17)18)11-6-13(16)10-5-3-2-4-9(10)11/h2-7,13,16H,1H3,(H,17,18). The number of thiophene rings is 1. The molecule has 1 aromatic carbocycles. The number of carboxylic acids is 1. The quantitative estimate of drug-likeness (QED) is 0.882. The number of rotatable bonds is 2. The van der Waals surface area contributed by atoms with E-state index in [-0.39, 0.29) is 0 Å². The van der Waals surface area contributed by atoms with Crippen molar-refractivity contribution in [3.8, 4) is 0 Å². The third-order valence-electron chi connectivity index (χ3n) is 3.42. The second-order valence-corrected chi connectivity index (χ2v) is 5.40. The van der Waals surface area contributed by atoms with E-state index in [1.165, 1.54) is 11.3 Å². The van der Waals surface area contributed by atoms with Crippen molar-refractivity contribution in [2.24, 2.45) is 0 Å². The minimum absolute atomic E-state index is 0.356. The number of fused-ring (bicyclic) bond motifs is 1. The van der Waals surface area contributed by atoms with Crippen molar-refractivity contribution in [3.63, 3.8) is 0 Å². The van der Waals surface area contributed by atoms with Gasteiger partial charge in [-0.05, 0) is 46.2 Å². The van der Waals surface area contributed by atoms with Crippen molar-refractivity contribution in [2.45, 2.75) is 13.0 Å². The van der Waals surface area contributed by atoms with Crippen LogP contribution in [0, 0.1) is 6.92 Å². The first-order valence-corrected chi connectivity index (χ1v) is 6.78. The van der Waals surface area contributed by atoms with E-state index in [4.69, 9.17) is 5.11 Å². The third-order valence-corrected chi connectivity index (χ3v) is 4.49. The lowest BCUT2D eigenvalue weighted by Gasteiger charge is -2.05. The third kappa shape index (κ3) is 1.80. The fourth-order valence-electron chi connectivity index (χ4n) is 2.47. The van der Waals surface area contributed by atoms with Crippen molar-refractivity contribution in [2.75, 3.05) is 0 Å². The monoisotopic (exact) mass is 272 g/mol. The molecule has 1 atom stereocenters. The summed E-state index contributed by atoms with van der Waals surface area (Å²) in [4.78, 5) is 11.5. The predicted octanol–water partition coefficient (Wildman–Crippen LogP) is 3.23. The SMILES string of the molecule is Cc1c(C2=CC(O)c3ccccc32)csc1C(=O)O. The van der Waals surface area contributed by atoms with E-state index >= 15 is 0 Å². The molecule has 0 bridgehead atoms. The Hall–Kier alpha value is -1.91. The summed E-state index contributed by atoms with van der Waals surface area (Å²) in [5.74, 6) is -0.902. The highest BCUT2D eigenvalue weighted by Crippen LogP contribution is 2.41. The molecule has 0 fully saturated rings. The molecule has 3 rings (SSSR count). The first kappa shape index (κ1) is 12.1. The fraction of sp³-hybridized carbons (Fsp3) is 0.133. The normalized spacial score (nSPS) is 17.2. The molecule has 96 valence electrons. The lowest BCUT2D eigenvalue weighted by Crippen LogP contribution is -1.96. The molecule has 0 saturated heterocycles. The van der Waals surface area contributed by atoms with E-state index in [0.717, 1.165) is 27.8 Å². The zero-order valence-corrected chi connectivity index (χ0v) is 11.1. The predicted molar refractivity (Wildman–Crippen MR) is 74.5 cm³/mol. The summed E-state index contributed by atoms with van der Waals surface area (Å²) in [6, 6.07) is 7.66. The number of aromatic carboxylic acids is 1. The summed E-state index contributed by atoms with van der Waals surface area (Å²) in [7, 11) is 0. The Balaban J connectivity index is 2.15. The minimum atomic E-state index is -0.902. The molecule has 1 aliphatic carbocycles. The Morgan fingerprint density at radius 1 is 1.26 bits per heavy atom. The Labute approximate surface area is 114 Å². The molecule has 1 aromatic heterocycles. The Morgan fingerprint density at radius 2 is 2.00 bits per heavy atom. The van der Waals surface area contributed by atoms with E-state index in [9.17, 15) is 9.90 Å². The van der Waals surface area contributed by atoms with Crippen LogP contribution in [-0.4, -0.2) is 16.2 Å². The summed E-state index contributed by atoms with van der Waals surface area (Å²) < 4.78 is 0. The smallest absolute Gasteiger partial charge is 0.346 e. The number of hydrogen-bond acceptors (Lipinski definition) is 3. The van der Waals surface area contributed by atoms with Crippen molar-refractivity contribution in [3.05, 3.63) is 62.9 Å². The van der Waals surface area contributed by atoms with Crippen LogP contribution in [0.25, 0.3) is 5.57 Å². The van der Waals surface area contributed by atoms with Gasteiger partial charge in [-0.25, -0.2) is 4.79 Å². The highest BCUT2D eigenvalue weighted by molar-refractivity contribution is 7.12. The number of aliphatic hydroxyl groups is 1. The molecule has 0 aliphatic heterocycles. The summed E-state index contributed by atoms with van der Waals surface area (Å²) in [5, 5.41) is 21.0. The Morgan fingerprint density at radius 3 is 2.68 bits per heavy atom. The van der Waals surface area contributed by atoms with Gasteiger partial charge in [0, 0.05) is 0 Å². The molecule has 0 radical (unpaired) electrons. The lowest BCUT2D eigenvalue weighted by molar-refractivity contribution is 0.0701. The second kappa shape index (κ2) is 4.33. The van der Waals surface area contributed by atoms with Crippen LogP contribution in [0.1, 0.15) is 38.0 Å². The zero-order chi connectivity index (χ0) is 13.6. The summed E-state index contributed by atoms with van der Waals surface area (Å²) in [6.45, 7) is 1.81. The fourth-order valence-corrected chi connectivity index (χ4v) is 3.39. The van der Waals surface area contributed by atoms with Crippen molar-refractivity contribution in [1.82, 2.24) is 0 Å². The first-order valence-electron chi connectivity index (χ1n) is 5.90. The molecule has 0 saturated carbocycles. The molecule has 4 heteroatoms. The zero-order valence-electron chi connectivity index (χ0n) is 10.3. The molecule has 2 N–H and O–H groups in total. The summed E-state index contributed by atoms with van der Waals surface area (Å²) in [6.07, 6.45) is 1.17. The van der Waals surface area contributed by atoms with Gasteiger partial charge < -0.3 is 10.2 Å². The van der Waals surface area contributed by atoms with Gasteiger partial charge in [-0.1, -0.05) is 24.3 Å². The number of aliphatic hydroxyl groups excluding tert-OH is 1. The molecule has 1 aliphatic rings. The lowest BCUT2D eigenvalue weighted by atomic mass is 9.98. The highest BCUT2D eigenvalue weighted by atomic mass is 32.1. The van der Waals surface area contributed by atoms with Gasteiger partial charge in [0.25, 0.3) is 0 Å². The second-order valence-electron chi connectivity index (χ2n) is 4.52. The maximum Gasteiger partial charge on any atom is 0.346 e. The molecule has 0 spiro atoms. The van der Waals surface area contributed by atoms with Crippen LogP contribution in [-0.2, 0) is 0 Å². The van der Waals surface area contributed by atoms with Crippen LogP contribution in [0.4, 0.5) is 0 Å². The van der Waals surface area contributed by atoms with Crippen molar-refractivity contribution in [1.29, 1.82) is 0 Å². The van der Waals surface area contributed by atoms with Gasteiger partial charge in [0.15, 0.2) is 0 Å². The largest absolute Gasteiger partial charge is 0.477 e. The average Bonchev–Trinajstić information content (AvgIpc) is 2.91. The van der Waals surface area contributed by atoms with Gasteiger partial charge in [-0.2, -0.15) is 0 Å². The number of benzene rings is 1. The molecule has 2 aromatic rings. The average molecular weight is 272 g/mol. The molecule has 0 amide bonds. The van der Waals surface area contributed by atoms with E-state index < -0.39 is 12.1 Å². The summed E-state index contributed by atoms with van der Waals surface area (Å²) >= 11 is 1.23. The Kier molecular flexibility index (Phi) is 2.77. The molecular formula is C15H12O3S. The number of carbonyl (C=O) groups is 1. The van der Waals surface area contributed by atoms with Gasteiger partial charge in [-0.3, -0.25) is 0 Å². The van der Waals surface area contributed by atoms with Gasteiger partial charge in [0.05, 0.1) is 6.10 Å². The minimum Gasteiger partial charge on any atom is -0.477 e. The van der Waals surface area contributed by atoms with E-state index in [1.54, 1.807) is 6.08 Å². The van der Waals surface area contributed by atoms with Gasteiger partial charge >= 0.3 is 5.97 Å². The maximum absolute atomic E-state index is 11.1. The summed E-state index contributed by atoms with van der Waals surface area (Å²) in [5.41, 5.74) is 4.43. The van der Waals surface area contributed by atoms with Crippen LogP contribution >= 0.6 is 11.3 Å². The van der Waals surface area contributed by atoms with Crippen LogP contribution < -0.4 is 0 Å². The van der Waals surface area contributed by atoms with E-state index in [2.05, 4.69) is 0 Å². The molecule has 3 nitrogen and oxygen atoms in total. The van der Waals surface area contributed by atoms with Crippen LogP contribution in [0.3, 0.4) is 0 Å². The van der Waals surface area contributed by atoms with E-state index in [1.807, 2.05) is 36.6 Å². The molecule has 1 heterocycles. The van der Waals surface area contributed by atoms with Crippen molar-refractivity contribution < 1.29 is 15.0 Å². The molecule has 19 heavy (non-hydrogen) atoms. The van der Waals surface area contributed by atoms with Crippen LogP contribution in [0.5, 0.6) is 0 Å². The number of carboxylic acid groups (broad SMARTS) is 1. The first-order chi connectivity index (χ1) is 9.09. The molecular weight excluding hydrogens is 260 g/mol. The highest BCUT2D eigenvalue weighted by Gasteiger charge is 2.25. The topological polar surface area (TPSA) is 57.5 Å². The van der Waals surface area contributed by atoms with Crippen molar-refractivity contribution >= 4 is 22.9 Å². The van der Waals surface area contributed by atoms with Gasteiger partial charge in [0.1, 0.15) is 4.88 Å². The van der Waals surface area contributed by atoms with Crippen LogP contribution in [0.15, 0.2) is 35.7 Å².